The molecule has 164 valence electrons. The van der Waals surface area contributed by atoms with Crippen LogP contribution >= 0.6 is 0 Å². The van der Waals surface area contributed by atoms with Gasteiger partial charge in [0.15, 0.2) is 0 Å². The Morgan fingerprint density at radius 3 is 2.56 bits per heavy atom. The highest BCUT2D eigenvalue weighted by atomic mass is 32.2. The molecular formula is C22H20N4O5S. The number of aromatic nitrogens is 3. The van der Waals surface area contributed by atoms with E-state index >= 15 is 0 Å². The van der Waals surface area contributed by atoms with E-state index in [-0.39, 0.29) is 15.8 Å². The van der Waals surface area contributed by atoms with Gasteiger partial charge in [0.25, 0.3) is 5.56 Å². The lowest BCUT2D eigenvalue weighted by atomic mass is 10.1. The smallest absolute Gasteiger partial charge is 0.326 e. The Morgan fingerprint density at radius 2 is 1.84 bits per heavy atom. The Balaban J connectivity index is 1.48. The lowest BCUT2D eigenvalue weighted by Crippen LogP contribution is -2.27. The summed E-state index contributed by atoms with van der Waals surface area (Å²) in [5, 5.41) is 0.0789. The number of pyridine rings is 1. The number of sulfonamides is 1. The van der Waals surface area contributed by atoms with Crippen LogP contribution in [-0.2, 0) is 16.6 Å². The van der Waals surface area contributed by atoms with Crippen molar-refractivity contribution in [2.45, 2.75) is 24.5 Å². The summed E-state index contributed by atoms with van der Waals surface area (Å²) in [6.07, 6.45) is 3.42. The van der Waals surface area contributed by atoms with Gasteiger partial charge in [-0.25, -0.2) is 17.9 Å². The average Bonchev–Trinajstić information content (AvgIpc) is 2.78. The van der Waals surface area contributed by atoms with Crippen LogP contribution in [0.25, 0.3) is 10.9 Å². The first-order chi connectivity index (χ1) is 15.3. The molecule has 0 radical (unpaired) electrons. The van der Waals surface area contributed by atoms with Crippen LogP contribution in [0.4, 0.5) is 0 Å². The van der Waals surface area contributed by atoms with E-state index in [1.807, 2.05) is 12.1 Å². The van der Waals surface area contributed by atoms with E-state index in [0.29, 0.717) is 12.4 Å². The lowest BCUT2D eigenvalue weighted by molar-refractivity contribution is 0.305. The molecule has 0 amide bonds. The van der Waals surface area contributed by atoms with E-state index in [2.05, 4.69) is 19.7 Å². The van der Waals surface area contributed by atoms with Gasteiger partial charge < -0.3 is 9.72 Å². The molecule has 0 aliphatic heterocycles. The SMILES string of the molecule is CC(NS(=O)(=O)c1ccc2[nH]c(=O)[nH]c(=O)c2c1)c1ccc(OCc2cccnc2)cc1. The van der Waals surface area contributed by atoms with Crippen LogP contribution in [0.15, 0.2) is 81.5 Å². The number of hydrogen-bond acceptors (Lipinski definition) is 6. The highest BCUT2D eigenvalue weighted by Crippen LogP contribution is 2.21. The zero-order valence-corrected chi connectivity index (χ0v) is 17.8. The van der Waals surface area contributed by atoms with Crippen molar-refractivity contribution in [3.8, 4) is 5.75 Å². The number of benzene rings is 2. The van der Waals surface area contributed by atoms with Gasteiger partial charge in [-0.15, -0.1) is 0 Å². The predicted octanol–water partition coefficient (Wildman–Crippen LogP) is 2.23. The van der Waals surface area contributed by atoms with Crippen molar-refractivity contribution in [1.82, 2.24) is 19.7 Å². The molecule has 3 N–H and O–H groups in total. The molecule has 0 bridgehead atoms. The summed E-state index contributed by atoms with van der Waals surface area (Å²) in [6.45, 7) is 2.09. The first-order valence-electron chi connectivity index (χ1n) is 9.72. The Labute approximate surface area is 183 Å². The largest absolute Gasteiger partial charge is 0.489 e. The zero-order valence-electron chi connectivity index (χ0n) is 17.0. The van der Waals surface area contributed by atoms with Crippen LogP contribution in [0.1, 0.15) is 24.1 Å². The maximum atomic E-state index is 12.8. The topological polar surface area (TPSA) is 134 Å². The quantitative estimate of drug-likeness (QED) is 0.394. The molecule has 9 nitrogen and oxygen atoms in total. The Hall–Kier alpha value is -3.76. The van der Waals surface area contributed by atoms with Crippen LogP contribution < -0.4 is 20.7 Å². The van der Waals surface area contributed by atoms with Gasteiger partial charge in [-0.3, -0.25) is 14.8 Å². The summed E-state index contributed by atoms with van der Waals surface area (Å²) in [5.41, 5.74) is 0.627. The van der Waals surface area contributed by atoms with Crippen molar-refractivity contribution < 1.29 is 13.2 Å². The first kappa shape index (κ1) is 21.5. The minimum Gasteiger partial charge on any atom is -0.489 e. The number of aromatic amines is 2. The number of nitrogens with one attached hydrogen (secondary N) is 3. The number of nitrogens with zero attached hydrogens (tertiary/aromatic N) is 1. The highest BCUT2D eigenvalue weighted by Gasteiger charge is 2.19. The van der Waals surface area contributed by atoms with E-state index in [4.69, 9.17) is 4.74 Å². The lowest BCUT2D eigenvalue weighted by Gasteiger charge is -2.15. The number of fused-ring (bicyclic) bond motifs is 1. The van der Waals surface area contributed by atoms with Crippen molar-refractivity contribution >= 4 is 20.9 Å². The molecule has 1 unspecified atom stereocenters. The molecule has 32 heavy (non-hydrogen) atoms. The van der Waals surface area contributed by atoms with Gasteiger partial charge >= 0.3 is 5.69 Å². The average molecular weight is 452 g/mol. The number of H-pyrrole nitrogens is 2. The van der Waals surface area contributed by atoms with Gasteiger partial charge in [0.1, 0.15) is 12.4 Å². The zero-order chi connectivity index (χ0) is 22.7. The van der Waals surface area contributed by atoms with Crippen LogP contribution in [0.5, 0.6) is 5.75 Å². The molecule has 2 aromatic carbocycles. The van der Waals surface area contributed by atoms with Crippen LogP contribution in [0, 0.1) is 0 Å². The van der Waals surface area contributed by atoms with Gasteiger partial charge in [-0.05, 0) is 48.9 Å². The fourth-order valence-electron chi connectivity index (χ4n) is 3.18. The fourth-order valence-corrected chi connectivity index (χ4v) is 4.44. The summed E-state index contributed by atoms with van der Waals surface area (Å²) in [4.78, 5) is 31.9. The first-order valence-corrected chi connectivity index (χ1v) is 11.2. The Kier molecular flexibility index (Phi) is 5.89. The minimum atomic E-state index is -3.92. The summed E-state index contributed by atoms with van der Waals surface area (Å²) in [6, 6.07) is 14.3. The monoisotopic (exact) mass is 452 g/mol. The van der Waals surface area contributed by atoms with Crippen LogP contribution in [0.3, 0.4) is 0 Å². The fraction of sp³-hybridized carbons (Fsp3) is 0.136. The molecular weight excluding hydrogens is 432 g/mol. The second kappa shape index (κ2) is 8.77. The maximum Gasteiger partial charge on any atom is 0.326 e. The molecule has 0 saturated heterocycles. The molecule has 4 aromatic rings. The summed E-state index contributed by atoms with van der Waals surface area (Å²) < 4.78 is 34.0. The number of rotatable bonds is 7. The van der Waals surface area contributed by atoms with Crippen molar-refractivity contribution in [1.29, 1.82) is 0 Å². The van der Waals surface area contributed by atoms with Crippen molar-refractivity contribution in [3.63, 3.8) is 0 Å². The summed E-state index contributed by atoms with van der Waals surface area (Å²) >= 11 is 0. The van der Waals surface area contributed by atoms with Gasteiger partial charge in [0.2, 0.25) is 10.0 Å². The molecule has 0 aliphatic rings. The summed E-state index contributed by atoms with van der Waals surface area (Å²) in [5.74, 6) is 0.649. The van der Waals surface area contributed by atoms with Gasteiger partial charge in [0, 0.05) is 24.0 Å². The van der Waals surface area contributed by atoms with Crippen molar-refractivity contribution in [2.24, 2.45) is 0 Å². The minimum absolute atomic E-state index is 0.0779. The second-order valence-corrected chi connectivity index (χ2v) is 8.89. The van der Waals surface area contributed by atoms with E-state index in [1.165, 1.54) is 18.2 Å². The van der Waals surface area contributed by atoms with E-state index < -0.39 is 27.3 Å². The third kappa shape index (κ3) is 4.76. The van der Waals surface area contributed by atoms with E-state index in [0.717, 1.165) is 11.1 Å². The van der Waals surface area contributed by atoms with Gasteiger partial charge in [-0.2, -0.15) is 0 Å². The standard InChI is InChI=1S/C22H20N4O5S/c1-14(16-4-6-17(7-5-16)31-13-15-3-2-10-23-12-15)26-32(29,30)18-8-9-20-19(11-18)21(27)25-22(28)24-20/h2-12,14,26H,13H2,1H3,(H2,24,25,27,28). The number of ether oxygens (including phenoxy) is 1. The molecule has 10 heteroatoms. The van der Waals surface area contributed by atoms with Gasteiger partial charge in [-0.1, -0.05) is 18.2 Å². The number of hydrogen-bond donors (Lipinski definition) is 3. The third-order valence-corrected chi connectivity index (χ3v) is 6.40. The maximum absolute atomic E-state index is 12.8. The molecule has 0 aliphatic carbocycles. The van der Waals surface area contributed by atoms with Crippen molar-refractivity contribution in [3.05, 3.63) is 99.0 Å². The highest BCUT2D eigenvalue weighted by molar-refractivity contribution is 7.89. The summed E-state index contributed by atoms with van der Waals surface area (Å²) in [7, 11) is -3.92. The van der Waals surface area contributed by atoms with E-state index in [9.17, 15) is 18.0 Å². The van der Waals surface area contributed by atoms with Crippen LogP contribution in [-0.4, -0.2) is 23.4 Å². The molecule has 2 aromatic heterocycles. The molecule has 0 saturated carbocycles. The third-order valence-electron chi connectivity index (χ3n) is 4.86. The molecule has 2 heterocycles. The molecule has 0 fully saturated rings. The molecule has 4 rings (SSSR count). The Bertz CT molecular complexity index is 1460. The molecule has 0 spiro atoms. The Morgan fingerprint density at radius 1 is 1.06 bits per heavy atom. The van der Waals surface area contributed by atoms with Crippen molar-refractivity contribution in [2.75, 3.05) is 0 Å². The normalized spacial score (nSPS) is 12.5. The van der Waals surface area contributed by atoms with Gasteiger partial charge in [0.05, 0.1) is 15.8 Å². The molecule has 1 atom stereocenters. The second-order valence-electron chi connectivity index (χ2n) is 7.18. The van der Waals surface area contributed by atoms with Crippen LogP contribution in [0.2, 0.25) is 0 Å². The van der Waals surface area contributed by atoms with E-state index in [1.54, 1.807) is 43.6 Å². The predicted molar refractivity (Wildman–Crippen MR) is 119 cm³/mol.